The van der Waals surface area contributed by atoms with Gasteiger partial charge in [0.15, 0.2) is 0 Å². The van der Waals surface area contributed by atoms with E-state index < -0.39 is 0 Å². The maximum Gasteiger partial charge on any atom is 0.107 e. The topological polar surface area (TPSA) is 28.2 Å². The zero-order valence-corrected chi connectivity index (χ0v) is 11.0. The van der Waals surface area contributed by atoms with Gasteiger partial charge in [-0.2, -0.15) is 0 Å². The summed E-state index contributed by atoms with van der Waals surface area (Å²) in [7, 11) is 0. The van der Waals surface area contributed by atoms with Gasteiger partial charge in [0.1, 0.15) is 5.01 Å². The van der Waals surface area contributed by atoms with Crippen molar-refractivity contribution in [3.63, 3.8) is 0 Å². The monoisotopic (exact) mass is 239 g/mol. The lowest BCUT2D eigenvalue weighted by atomic mass is 10.3. The fourth-order valence-corrected chi connectivity index (χ4v) is 3.11. The molecule has 1 atom stereocenters. The first kappa shape index (κ1) is 12.0. The van der Waals surface area contributed by atoms with Gasteiger partial charge in [0, 0.05) is 30.2 Å². The lowest BCUT2D eigenvalue weighted by Gasteiger charge is -2.14. The smallest absolute Gasteiger partial charge is 0.107 e. The van der Waals surface area contributed by atoms with Crippen LogP contribution in [0.2, 0.25) is 0 Å². The van der Waals surface area contributed by atoms with Crippen LogP contribution in [0.1, 0.15) is 30.2 Å². The van der Waals surface area contributed by atoms with Crippen LogP contribution in [-0.2, 0) is 13.0 Å². The number of hydrogen-bond donors (Lipinski definition) is 1. The molecule has 4 heteroatoms. The van der Waals surface area contributed by atoms with E-state index in [1.54, 1.807) is 0 Å². The van der Waals surface area contributed by atoms with Crippen molar-refractivity contribution in [3.8, 4) is 0 Å². The summed E-state index contributed by atoms with van der Waals surface area (Å²) in [6.45, 7) is 8.86. The molecule has 90 valence electrons. The minimum absolute atomic E-state index is 0.690. The minimum Gasteiger partial charge on any atom is -0.313 e. The summed E-state index contributed by atoms with van der Waals surface area (Å²) >= 11 is 1.86. The second-order valence-corrected chi connectivity index (χ2v) is 5.55. The van der Waals surface area contributed by atoms with E-state index in [-0.39, 0.29) is 0 Å². The molecule has 0 aromatic carbocycles. The first-order chi connectivity index (χ1) is 7.81. The van der Waals surface area contributed by atoms with E-state index in [9.17, 15) is 0 Å². The molecule has 0 aliphatic carbocycles. The summed E-state index contributed by atoms with van der Waals surface area (Å²) < 4.78 is 0. The largest absolute Gasteiger partial charge is 0.313 e. The van der Waals surface area contributed by atoms with Crippen LogP contribution in [0, 0.1) is 0 Å². The molecule has 1 N–H and O–H groups in total. The number of nitrogens with one attached hydrogen (secondary N) is 1. The van der Waals surface area contributed by atoms with Gasteiger partial charge in [-0.05, 0) is 19.4 Å². The summed E-state index contributed by atoms with van der Waals surface area (Å²) in [5, 5.41) is 4.79. The number of likely N-dealkylation sites (N-methyl/N-ethyl adjacent to an activating group) is 1. The molecule has 1 aliphatic heterocycles. The van der Waals surface area contributed by atoms with Crippen molar-refractivity contribution in [2.24, 2.45) is 0 Å². The van der Waals surface area contributed by atoms with Crippen LogP contribution < -0.4 is 5.32 Å². The highest BCUT2D eigenvalue weighted by Gasteiger charge is 2.22. The lowest BCUT2D eigenvalue weighted by molar-refractivity contribution is 0.320. The van der Waals surface area contributed by atoms with Crippen molar-refractivity contribution in [1.82, 2.24) is 15.2 Å². The average Bonchev–Trinajstić information content (AvgIpc) is 2.89. The number of likely N-dealkylation sites (tertiary alicyclic amines) is 1. The highest BCUT2D eigenvalue weighted by Crippen LogP contribution is 2.18. The summed E-state index contributed by atoms with van der Waals surface area (Å²) in [6.07, 6.45) is 4.41. The summed E-state index contributed by atoms with van der Waals surface area (Å²) in [6, 6.07) is 0.690. The molecular formula is C12H21N3S. The SMILES string of the molecule is CCNC1CCN(Cc2ncc(CC)s2)C1. The van der Waals surface area contributed by atoms with Gasteiger partial charge in [-0.25, -0.2) is 4.98 Å². The maximum absolute atomic E-state index is 4.48. The molecule has 0 saturated carbocycles. The zero-order chi connectivity index (χ0) is 11.4. The Morgan fingerprint density at radius 1 is 1.56 bits per heavy atom. The van der Waals surface area contributed by atoms with E-state index in [0.29, 0.717) is 6.04 Å². The first-order valence-electron chi connectivity index (χ1n) is 6.21. The van der Waals surface area contributed by atoms with Crippen molar-refractivity contribution >= 4 is 11.3 Å². The molecule has 0 radical (unpaired) electrons. The van der Waals surface area contributed by atoms with Gasteiger partial charge >= 0.3 is 0 Å². The third-order valence-corrected chi connectivity index (χ3v) is 4.20. The number of nitrogens with zero attached hydrogens (tertiary/aromatic N) is 2. The van der Waals surface area contributed by atoms with Gasteiger partial charge in [0.2, 0.25) is 0 Å². The van der Waals surface area contributed by atoms with E-state index in [1.165, 1.54) is 29.4 Å². The Bertz CT molecular complexity index is 324. The zero-order valence-electron chi connectivity index (χ0n) is 10.2. The van der Waals surface area contributed by atoms with E-state index in [4.69, 9.17) is 0 Å². The number of aromatic nitrogens is 1. The normalized spacial score (nSPS) is 21.8. The molecule has 1 unspecified atom stereocenters. The van der Waals surface area contributed by atoms with Crippen molar-refractivity contribution in [2.75, 3.05) is 19.6 Å². The standard InChI is InChI=1S/C12H21N3S/c1-3-11-7-14-12(16-11)9-15-6-5-10(8-15)13-4-2/h7,10,13H,3-6,8-9H2,1-2H3. The van der Waals surface area contributed by atoms with Crippen LogP contribution in [0.15, 0.2) is 6.20 Å². The van der Waals surface area contributed by atoms with E-state index in [2.05, 4.69) is 29.0 Å². The van der Waals surface area contributed by atoms with Crippen LogP contribution in [0.5, 0.6) is 0 Å². The van der Waals surface area contributed by atoms with Crippen LogP contribution in [0.4, 0.5) is 0 Å². The van der Waals surface area contributed by atoms with Crippen LogP contribution in [0.25, 0.3) is 0 Å². The minimum atomic E-state index is 0.690. The van der Waals surface area contributed by atoms with Crippen LogP contribution in [0.3, 0.4) is 0 Å². The first-order valence-corrected chi connectivity index (χ1v) is 7.02. The predicted octanol–water partition coefficient (Wildman–Crippen LogP) is 1.89. The summed E-state index contributed by atoms with van der Waals surface area (Å²) in [5.74, 6) is 0. The molecule has 3 nitrogen and oxygen atoms in total. The number of thiazole rings is 1. The van der Waals surface area contributed by atoms with Gasteiger partial charge in [-0.3, -0.25) is 4.90 Å². The molecule has 1 aromatic heterocycles. The quantitative estimate of drug-likeness (QED) is 0.850. The van der Waals surface area contributed by atoms with Crippen LogP contribution in [-0.4, -0.2) is 35.6 Å². The molecule has 0 spiro atoms. The molecule has 2 heterocycles. The summed E-state index contributed by atoms with van der Waals surface area (Å²) in [5.41, 5.74) is 0. The predicted molar refractivity (Wildman–Crippen MR) is 68.9 cm³/mol. The summed E-state index contributed by atoms with van der Waals surface area (Å²) in [4.78, 5) is 8.38. The maximum atomic E-state index is 4.48. The third-order valence-electron chi connectivity index (χ3n) is 3.07. The lowest BCUT2D eigenvalue weighted by Crippen LogP contribution is -2.32. The molecule has 2 rings (SSSR count). The van der Waals surface area contributed by atoms with Crippen molar-refractivity contribution in [2.45, 2.75) is 39.3 Å². The Labute approximate surface area is 102 Å². The third kappa shape index (κ3) is 3.03. The van der Waals surface area contributed by atoms with Crippen molar-refractivity contribution in [3.05, 3.63) is 16.1 Å². The van der Waals surface area contributed by atoms with Gasteiger partial charge < -0.3 is 5.32 Å². The molecule has 1 fully saturated rings. The molecule has 0 amide bonds. The molecule has 0 bridgehead atoms. The molecule has 1 aliphatic rings. The van der Waals surface area contributed by atoms with Crippen molar-refractivity contribution in [1.29, 1.82) is 0 Å². The van der Waals surface area contributed by atoms with E-state index in [1.807, 2.05) is 17.5 Å². The van der Waals surface area contributed by atoms with Gasteiger partial charge in [-0.1, -0.05) is 13.8 Å². The van der Waals surface area contributed by atoms with Gasteiger partial charge in [-0.15, -0.1) is 11.3 Å². The van der Waals surface area contributed by atoms with Gasteiger partial charge in [0.05, 0.1) is 6.54 Å². The fourth-order valence-electron chi connectivity index (χ4n) is 2.21. The number of rotatable bonds is 5. The van der Waals surface area contributed by atoms with Crippen molar-refractivity contribution < 1.29 is 0 Å². The Morgan fingerprint density at radius 2 is 2.44 bits per heavy atom. The Kier molecular flexibility index (Phi) is 4.32. The second kappa shape index (κ2) is 5.75. The average molecular weight is 239 g/mol. The fraction of sp³-hybridized carbons (Fsp3) is 0.750. The molecule has 1 saturated heterocycles. The van der Waals surface area contributed by atoms with E-state index in [0.717, 1.165) is 19.5 Å². The highest BCUT2D eigenvalue weighted by molar-refractivity contribution is 7.11. The van der Waals surface area contributed by atoms with Gasteiger partial charge in [0.25, 0.3) is 0 Å². The Hall–Kier alpha value is -0.450. The molecule has 1 aromatic rings. The molecule has 16 heavy (non-hydrogen) atoms. The Balaban J connectivity index is 1.82. The Morgan fingerprint density at radius 3 is 3.12 bits per heavy atom. The van der Waals surface area contributed by atoms with E-state index >= 15 is 0 Å². The molecular weight excluding hydrogens is 218 g/mol. The van der Waals surface area contributed by atoms with Crippen LogP contribution >= 0.6 is 11.3 Å². The second-order valence-electron chi connectivity index (χ2n) is 4.35. The highest BCUT2D eigenvalue weighted by atomic mass is 32.1. The number of hydrogen-bond acceptors (Lipinski definition) is 4. The number of aryl methyl sites for hydroxylation is 1.